The standard InChI is InChI=1S/C18H18F4N6O/c19-13-2-1-3-14(6-13)29-17-25-16(26-28(17)9-18(20,21)22)24-15-11-4-5-12(15)8-27(7-11)10-23/h1-3,6,11-12,15H,4-5,7-9H2,(H,24,26)/t11-,12+,15+. The number of halogens is 4. The number of hydrogen-bond donors (Lipinski definition) is 1. The van der Waals surface area contributed by atoms with E-state index in [2.05, 4.69) is 21.6 Å². The van der Waals surface area contributed by atoms with E-state index in [-0.39, 0.29) is 35.6 Å². The molecular formula is C18H18F4N6O. The number of hydrogen-bond acceptors (Lipinski definition) is 6. The molecule has 0 radical (unpaired) electrons. The minimum absolute atomic E-state index is 0.0213. The molecule has 2 aliphatic rings. The summed E-state index contributed by atoms with van der Waals surface area (Å²) in [6.45, 7) is -0.187. The predicted octanol–water partition coefficient (Wildman–Crippen LogP) is 3.38. The number of alkyl halides is 3. The lowest BCUT2D eigenvalue weighted by Crippen LogP contribution is -2.46. The Hall–Kier alpha value is -3.03. The van der Waals surface area contributed by atoms with Gasteiger partial charge in [0.1, 0.15) is 18.1 Å². The van der Waals surface area contributed by atoms with Crippen LogP contribution in [-0.2, 0) is 6.54 Å². The van der Waals surface area contributed by atoms with Gasteiger partial charge in [-0.2, -0.15) is 23.4 Å². The average Bonchev–Trinajstić information content (AvgIpc) is 3.09. The zero-order chi connectivity index (χ0) is 20.6. The summed E-state index contributed by atoms with van der Waals surface area (Å²) in [5, 5.41) is 16.2. The molecule has 3 atom stereocenters. The number of rotatable bonds is 5. The van der Waals surface area contributed by atoms with E-state index in [0.717, 1.165) is 18.9 Å². The van der Waals surface area contributed by atoms with Gasteiger partial charge < -0.3 is 15.0 Å². The van der Waals surface area contributed by atoms with E-state index >= 15 is 0 Å². The van der Waals surface area contributed by atoms with Crippen molar-refractivity contribution in [2.24, 2.45) is 11.8 Å². The first-order valence-electron chi connectivity index (χ1n) is 9.17. The van der Waals surface area contributed by atoms with Gasteiger partial charge in [0.05, 0.1) is 0 Å². The van der Waals surface area contributed by atoms with Crippen molar-refractivity contribution >= 4 is 5.95 Å². The Morgan fingerprint density at radius 1 is 1.24 bits per heavy atom. The number of ether oxygens (including phenoxy) is 1. The van der Waals surface area contributed by atoms with Crippen LogP contribution in [0.5, 0.6) is 11.8 Å². The fourth-order valence-corrected chi connectivity index (χ4v) is 4.06. The highest BCUT2D eigenvalue weighted by atomic mass is 19.4. The molecule has 1 N–H and O–H groups in total. The molecule has 154 valence electrons. The van der Waals surface area contributed by atoms with Crippen LogP contribution in [0.1, 0.15) is 12.8 Å². The van der Waals surface area contributed by atoms with Gasteiger partial charge in [0.25, 0.3) is 0 Å². The maximum absolute atomic E-state index is 13.4. The summed E-state index contributed by atoms with van der Waals surface area (Å²) in [7, 11) is 0. The van der Waals surface area contributed by atoms with Gasteiger partial charge in [-0.25, -0.2) is 9.07 Å². The molecule has 2 bridgehead atoms. The summed E-state index contributed by atoms with van der Waals surface area (Å²) in [6, 6.07) is 4.65. The average molecular weight is 410 g/mol. The molecule has 4 rings (SSSR count). The summed E-state index contributed by atoms with van der Waals surface area (Å²) in [5.74, 6) is -0.155. The Morgan fingerprint density at radius 3 is 2.59 bits per heavy atom. The lowest BCUT2D eigenvalue weighted by molar-refractivity contribution is -0.143. The quantitative estimate of drug-likeness (QED) is 0.602. The Labute approximate surface area is 163 Å². The third-order valence-electron chi connectivity index (χ3n) is 5.24. The highest BCUT2D eigenvalue weighted by Gasteiger charge is 2.42. The van der Waals surface area contributed by atoms with Gasteiger partial charge in [-0.1, -0.05) is 6.07 Å². The first-order chi connectivity index (χ1) is 13.8. The van der Waals surface area contributed by atoms with E-state index in [1.807, 2.05) is 0 Å². The highest BCUT2D eigenvalue weighted by molar-refractivity contribution is 5.32. The molecule has 0 amide bonds. The second-order valence-electron chi connectivity index (χ2n) is 7.32. The molecule has 2 aromatic rings. The number of benzene rings is 1. The number of aromatic nitrogens is 3. The molecule has 1 aromatic heterocycles. The third kappa shape index (κ3) is 4.36. The van der Waals surface area contributed by atoms with Crippen molar-refractivity contribution < 1.29 is 22.3 Å². The van der Waals surface area contributed by atoms with E-state index in [0.29, 0.717) is 17.8 Å². The van der Waals surface area contributed by atoms with Crippen LogP contribution in [0, 0.1) is 29.1 Å². The number of nitriles is 1. The fraction of sp³-hybridized carbons (Fsp3) is 0.500. The summed E-state index contributed by atoms with van der Waals surface area (Å²) in [4.78, 5) is 5.77. The Balaban J connectivity index is 1.56. The van der Waals surface area contributed by atoms with Crippen LogP contribution in [0.15, 0.2) is 24.3 Å². The Kier molecular flexibility index (Phi) is 4.94. The summed E-state index contributed by atoms with van der Waals surface area (Å²) in [5.41, 5.74) is 0. The minimum atomic E-state index is -4.53. The van der Waals surface area contributed by atoms with E-state index < -0.39 is 18.5 Å². The molecule has 2 fully saturated rings. The summed E-state index contributed by atoms with van der Waals surface area (Å²) >= 11 is 0. The van der Waals surface area contributed by atoms with Gasteiger partial charge in [0.2, 0.25) is 5.95 Å². The molecular weight excluding hydrogens is 392 g/mol. The molecule has 1 saturated carbocycles. The highest BCUT2D eigenvalue weighted by Crippen LogP contribution is 2.38. The van der Waals surface area contributed by atoms with Crippen LogP contribution in [0.2, 0.25) is 0 Å². The number of likely N-dealkylation sites (tertiary alicyclic amines) is 1. The number of fused-ring (bicyclic) bond motifs is 2. The maximum Gasteiger partial charge on any atom is 0.408 e. The maximum atomic E-state index is 13.4. The molecule has 1 aromatic carbocycles. The molecule has 1 saturated heterocycles. The monoisotopic (exact) mass is 410 g/mol. The zero-order valence-electron chi connectivity index (χ0n) is 15.2. The second kappa shape index (κ2) is 7.42. The largest absolute Gasteiger partial charge is 0.424 e. The molecule has 7 nitrogen and oxygen atoms in total. The van der Waals surface area contributed by atoms with Crippen LogP contribution in [0.4, 0.5) is 23.5 Å². The molecule has 0 spiro atoms. The van der Waals surface area contributed by atoms with E-state index in [1.165, 1.54) is 18.2 Å². The first-order valence-corrected chi connectivity index (χ1v) is 9.17. The van der Waals surface area contributed by atoms with Crippen molar-refractivity contribution in [2.75, 3.05) is 18.4 Å². The number of nitrogens with one attached hydrogen (secondary N) is 1. The molecule has 1 aliphatic carbocycles. The van der Waals surface area contributed by atoms with Gasteiger partial charge in [-0.05, 0) is 36.8 Å². The third-order valence-corrected chi connectivity index (χ3v) is 5.24. The van der Waals surface area contributed by atoms with Crippen molar-refractivity contribution in [3.8, 4) is 18.0 Å². The molecule has 0 unspecified atom stereocenters. The molecule has 1 aliphatic heterocycles. The smallest absolute Gasteiger partial charge is 0.408 e. The number of nitrogens with zero attached hydrogens (tertiary/aromatic N) is 5. The zero-order valence-corrected chi connectivity index (χ0v) is 15.2. The summed E-state index contributed by atoms with van der Waals surface area (Å²) in [6.07, 6.45) is -0.517. The van der Waals surface area contributed by atoms with Gasteiger partial charge in [-0.3, -0.25) is 0 Å². The lowest BCUT2D eigenvalue weighted by atomic mass is 9.92. The Bertz CT molecular complexity index is 910. The van der Waals surface area contributed by atoms with Crippen LogP contribution in [0.3, 0.4) is 0 Å². The number of anilines is 1. The van der Waals surface area contributed by atoms with Crippen molar-refractivity contribution in [3.05, 3.63) is 30.1 Å². The van der Waals surface area contributed by atoms with Gasteiger partial charge in [0.15, 0.2) is 6.19 Å². The van der Waals surface area contributed by atoms with Crippen molar-refractivity contribution in [2.45, 2.75) is 31.6 Å². The van der Waals surface area contributed by atoms with Gasteiger partial charge in [0, 0.05) is 25.2 Å². The van der Waals surface area contributed by atoms with E-state index in [1.54, 1.807) is 4.90 Å². The van der Waals surface area contributed by atoms with Gasteiger partial charge >= 0.3 is 12.2 Å². The normalized spacial score (nSPS) is 23.7. The molecule has 11 heteroatoms. The summed E-state index contributed by atoms with van der Waals surface area (Å²) < 4.78 is 58.2. The first kappa shape index (κ1) is 19.3. The SMILES string of the molecule is N#CN1C[C@H]2CC[C@@H](C1)[C@H]2Nc1nc(Oc2cccc(F)c2)n(CC(F)(F)F)n1. The van der Waals surface area contributed by atoms with Crippen LogP contribution >= 0.6 is 0 Å². The molecule has 29 heavy (non-hydrogen) atoms. The van der Waals surface area contributed by atoms with Crippen LogP contribution in [0.25, 0.3) is 0 Å². The predicted molar refractivity (Wildman–Crippen MR) is 93.4 cm³/mol. The van der Waals surface area contributed by atoms with E-state index in [9.17, 15) is 17.6 Å². The van der Waals surface area contributed by atoms with Crippen LogP contribution in [-0.4, -0.2) is 45.0 Å². The van der Waals surface area contributed by atoms with Crippen LogP contribution < -0.4 is 10.1 Å². The topological polar surface area (TPSA) is 79.0 Å². The van der Waals surface area contributed by atoms with Crippen molar-refractivity contribution in [3.63, 3.8) is 0 Å². The van der Waals surface area contributed by atoms with Gasteiger partial charge in [-0.15, -0.1) is 5.10 Å². The Morgan fingerprint density at radius 2 is 1.97 bits per heavy atom. The van der Waals surface area contributed by atoms with Crippen molar-refractivity contribution in [1.82, 2.24) is 19.7 Å². The lowest BCUT2D eigenvalue weighted by Gasteiger charge is -2.35. The van der Waals surface area contributed by atoms with E-state index in [4.69, 9.17) is 10.00 Å². The fourth-order valence-electron chi connectivity index (χ4n) is 4.06. The second-order valence-corrected chi connectivity index (χ2v) is 7.32. The number of piperidine rings is 1. The van der Waals surface area contributed by atoms with Crippen molar-refractivity contribution in [1.29, 1.82) is 5.26 Å². The molecule has 2 heterocycles. The minimum Gasteiger partial charge on any atom is -0.424 e.